The van der Waals surface area contributed by atoms with E-state index in [4.69, 9.17) is 0 Å². The van der Waals surface area contributed by atoms with Crippen LogP contribution in [0, 0.1) is 0 Å². The van der Waals surface area contributed by atoms with E-state index in [-0.39, 0.29) is 5.91 Å². The number of hydrogen-bond donors (Lipinski definition) is 3. The minimum atomic E-state index is -4.34. The van der Waals surface area contributed by atoms with Gasteiger partial charge >= 0.3 is 0 Å². The molecule has 0 radical (unpaired) electrons. The number of carbonyl (C=O) groups is 1. The highest BCUT2D eigenvalue weighted by Gasteiger charge is 2.24. The summed E-state index contributed by atoms with van der Waals surface area (Å²) in [6.45, 7) is 4.47. The second-order valence-electron chi connectivity index (χ2n) is 12.9. The number of amides is 1. The van der Waals surface area contributed by atoms with Crippen LogP contribution in [0.3, 0.4) is 0 Å². The van der Waals surface area contributed by atoms with Crippen molar-refractivity contribution in [2.45, 2.75) is 199 Å². The lowest BCUT2D eigenvalue weighted by atomic mass is 10.0. The predicted octanol–water partition coefficient (Wildman–Crippen LogP) is 10.4. The van der Waals surface area contributed by atoms with E-state index in [2.05, 4.69) is 31.3 Å². The molecule has 2 unspecified atom stereocenters. The van der Waals surface area contributed by atoms with Crippen LogP contribution in [-0.2, 0) is 14.9 Å². The maximum atomic E-state index is 12.4. The van der Waals surface area contributed by atoms with Gasteiger partial charge in [-0.15, -0.1) is 0 Å². The average molecular weight is 642 g/mol. The van der Waals surface area contributed by atoms with Gasteiger partial charge in [0, 0.05) is 6.42 Å². The fraction of sp³-hybridized carbons (Fsp3) is 0.865. The second-order valence-corrected chi connectivity index (χ2v) is 14.4. The largest absolute Gasteiger partial charge is 0.387 e. The Kier molecular flexibility index (Phi) is 30.9. The van der Waals surface area contributed by atoms with Gasteiger partial charge in [0.2, 0.25) is 5.91 Å². The lowest BCUT2D eigenvalue weighted by Gasteiger charge is -2.21. The number of hydrogen-bond acceptors (Lipinski definition) is 4. The number of aliphatic hydroxyl groups excluding tert-OH is 1. The van der Waals surface area contributed by atoms with Gasteiger partial charge < -0.3 is 10.4 Å². The summed E-state index contributed by atoms with van der Waals surface area (Å²) in [5.74, 6) is -0.995. The van der Waals surface area contributed by atoms with Crippen molar-refractivity contribution in [2.24, 2.45) is 0 Å². The van der Waals surface area contributed by atoms with E-state index < -0.39 is 28.0 Å². The van der Waals surface area contributed by atoms with Crippen molar-refractivity contribution >= 4 is 16.0 Å². The van der Waals surface area contributed by atoms with E-state index in [0.29, 0.717) is 12.8 Å². The van der Waals surface area contributed by atoms with Crippen LogP contribution in [-0.4, -0.2) is 41.9 Å². The first-order valence-electron chi connectivity index (χ1n) is 18.5. The first-order valence-corrected chi connectivity index (χ1v) is 20.1. The van der Waals surface area contributed by atoms with Crippen LogP contribution in [0.2, 0.25) is 0 Å². The summed E-state index contributed by atoms with van der Waals surface area (Å²) >= 11 is 0. The minimum Gasteiger partial charge on any atom is -0.387 e. The molecule has 6 nitrogen and oxygen atoms in total. The number of unbranched alkanes of at least 4 members (excludes halogenated alkanes) is 23. The molecule has 3 N–H and O–H groups in total. The molecule has 0 aliphatic carbocycles. The van der Waals surface area contributed by atoms with Crippen molar-refractivity contribution in [1.29, 1.82) is 0 Å². The van der Waals surface area contributed by atoms with Crippen molar-refractivity contribution in [3.63, 3.8) is 0 Å². The molecule has 0 saturated heterocycles. The molecule has 0 spiro atoms. The van der Waals surface area contributed by atoms with E-state index in [1.54, 1.807) is 6.08 Å². The average Bonchev–Trinajstić information content (AvgIpc) is 2.98. The lowest BCUT2D eigenvalue weighted by molar-refractivity contribution is -0.122. The molecule has 2 atom stereocenters. The Bertz CT molecular complexity index is 796. The molecular formula is C37H71NO5S. The number of rotatable bonds is 33. The Balaban J connectivity index is 3.89. The fourth-order valence-corrected chi connectivity index (χ4v) is 6.32. The highest BCUT2D eigenvalue weighted by atomic mass is 32.2. The van der Waals surface area contributed by atoms with E-state index in [1.165, 1.54) is 134 Å². The Morgan fingerprint density at radius 1 is 0.591 bits per heavy atom. The van der Waals surface area contributed by atoms with Crippen LogP contribution in [0.4, 0.5) is 0 Å². The summed E-state index contributed by atoms with van der Waals surface area (Å²) in [7, 11) is -4.34. The van der Waals surface area contributed by atoms with Crippen molar-refractivity contribution in [2.75, 3.05) is 5.75 Å². The third-order valence-corrected chi connectivity index (χ3v) is 9.16. The van der Waals surface area contributed by atoms with Crippen LogP contribution in [0.15, 0.2) is 24.3 Å². The molecule has 0 fully saturated rings. The van der Waals surface area contributed by atoms with Crippen LogP contribution < -0.4 is 5.32 Å². The smallest absolute Gasteiger partial charge is 0.267 e. The summed E-state index contributed by atoms with van der Waals surface area (Å²) in [5.41, 5.74) is 0. The normalized spacial score (nSPS) is 13.6. The van der Waals surface area contributed by atoms with Gasteiger partial charge in [0.25, 0.3) is 10.1 Å². The summed E-state index contributed by atoms with van der Waals surface area (Å²) in [5, 5.41) is 13.1. The van der Waals surface area contributed by atoms with E-state index >= 15 is 0 Å². The molecule has 0 bridgehead atoms. The monoisotopic (exact) mass is 642 g/mol. The van der Waals surface area contributed by atoms with Crippen molar-refractivity contribution < 1.29 is 22.9 Å². The summed E-state index contributed by atoms with van der Waals surface area (Å²) in [4.78, 5) is 12.4. The summed E-state index contributed by atoms with van der Waals surface area (Å²) < 4.78 is 32.3. The standard InChI is InChI=1S/C37H71NO5S/c1-3-5-7-9-11-13-15-16-17-18-19-20-21-22-23-25-27-29-31-33-37(40)38-35(34-44(41,42)43)36(39)32-30-28-26-24-14-12-10-8-6-4-2/h14,24,30,32,35-36,39H,3-13,15-23,25-29,31,33-34H2,1-2H3,(H,38,40)(H,41,42,43)/b24-14+,32-30+. The van der Waals surface area contributed by atoms with Crippen molar-refractivity contribution in [1.82, 2.24) is 5.32 Å². The molecule has 0 heterocycles. The SMILES string of the molecule is CCCCCC/C=C/CC/C=C/C(O)C(CS(=O)(=O)O)NC(=O)CCCCCCCCCCCCCCCCCCCCC. The zero-order valence-electron chi connectivity index (χ0n) is 28.8. The maximum absolute atomic E-state index is 12.4. The zero-order valence-corrected chi connectivity index (χ0v) is 29.6. The molecule has 0 saturated carbocycles. The molecule has 0 rings (SSSR count). The molecular weight excluding hydrogens is 570 g/mol. The molecule has 0 aliphatic heterocycles. The van der Waals surface area contributed by atoms with E-state index in [0.717, 1.165) is 32.1 Å². The number of nitrogens with one attached hydrogen (secondary N) is 1. The predicted molar refractivity (Wildman–Crippen MR) is 189 cm³/mol. The van der Waals surface area contributed by atoms with E-state index in [9.17, 15) is 22.9 Å². The van der Waals surface area contributed by atoms with Gasteiger partial charge in [-0.3, -0.25) is 9.35 Å². The Morgan fingerprint density at radius 2 is 0.977 bits per heavy atom. The second kappa shape index (κ2) is 31.8. The topological polar surface area (TPSA) is 104 Å². The molecule has 0 aromatic heterocycles. The highest BCUT2D eigenvalue weighted by Crippen LogP contribution is 2.15. The molecule has 7 heteroatoms. The summed E-state index contributed by atoms with van der Waals surface area (Å²) in [6.07, 6.45) is 38.9. The lowest BCUT2D eigenvalue weighted by Crippen LogP contribution is -2.46. The molecule has 44 heavy (non-hydrogen) atoms. The Labute approximate surface area is 273 Å². The Hall–Kier alpha value is -1.18. The van der Waals surface area contributed by atoms with Gasteiger partial charge in [0.05, 0.1) is 17.9 Å². The third kappa shape index (κ3) is 32.2. The van der Waals surface area contributed by atoms with Crippen LogP contribution >= 0.6 is 0 Å². The third-order valence-electron chi connectivity index (χ3n) is 8.38. The van der Waals surface area contributed by atoms with Gasteiger partial charge in [-0.2, -0.15) is 8.42 Å². The van der Waals surface area contributed by atoms with Crippen LogP contribution in [0.5, 0.6) is 0 Å². The molecule has 1 amide bonds. The summed E-state index contributed by atoms with van der Waals surface area (Å²) in [6, 6.07) is -1.07. The van der Waals surface area contributed by atoms with Crippen LogP contribution in [0.1, 0.15) is 187 Å². The molecule has 0 aromatic rings. The van der Waals surface area contributed by atoms with Crippen molar-refractivity contribution in [3.8, 4) is 0 Å². The zero-order chi connectivity index (χ0) is 32.6. The first-order chi connectivity index (χ1) is 21.3. The van der Waals surface area contributed by atoms with Gasteiger partial charge in [-0.05, 0) is 32.1 Å². The molecule has 0 aromatic carbocycles. The minimum absolute atomic E-state index is 0.288. The molecule has 260 valence electrons. The van der Waals surface area contributed by atoms with Gasteiger partial charge in [0.1, 0.15) is 0 Å². The van der Waals surface area contributed by atoms with Crippen LogP contribution in [0.25, 0.3) is 0 Å². The maximum Gasteiger partial charge on any atom is 0.267 e. The molecule has 0 aliphatic rings. The number of carbonyl (C=O) groups excluding carboxylic acids is 1. The van der Waals surface area contributed by atoms with Crippen molar-refractivity contribution in [3.05, 3.63) is 24.3 Å². The number of aliphatic hydroxyl groups is 1. The van der Waals surface area contributed by atoms with Gasteiger partial charge in [0.15, 0.2) is 0 Å². The van der Waals surface area contributed by atoms with Gasteiger partial charge in [-0.1, -0.05) is 173 Å². The first kappa shape index (κ1) is 42.8. The Morgan fingerprint density at radius 3 is 1.43 bits per heavy atom. The highest BCUT2D eigenvalue weighted by molar-refractivity contribution is 7.85. The fourth-order valence-electron chi connectivity index (χ4n) is 5.58. The van der Waals surface area contributed by atoms with E-state index in [1.807, 2.05) is 0 Å². The van der Waals surface area contributed by atoms with Gasteiger partial charge in [-0.25, -0.2) is 0 Å². The quantitative estimate of drug-likeness (QED) is 0.0376. The number of allylic oxidation sites excluding steroid dienone is 3.